The highest BCUT2D eigenvalue weighted by Gasteiger charge is 2.27. The zero-order chi connectivity index (χ0) is 32.9. The molecule has 11 nitrogen and oxygen atoms in total. The Bertz CT molecular complexity index is 1780. The minimum Gasteiger partial charge on any atom is -0.486 e. The standard InChI is InChI=1S/C31H38F2N6O5Si/c1-37(2)17-26(31(41)42-3)39-30(40)22-10-8-7-9-21(22)23(36-39)15-29-35-24-14-27(44-18-28(32)33)20(16-34)13-25(24)38(29)19-43-11-12-45(4,5)6/h7-10,13-14,26,28H,11-12,15,17-19H2,1-6H3. The summed E-state index contributed by atoms with van der Waals surface area (Å²) < 4.78 is 45.1. The molecule has 0 fully saturated rings. The average molecular weight is 641 g/mol. The lowest BCUT2D eigenvalue weighted by Gasteiger charge is -2.21. The number of benzene rings is 2. The van der Waals surface area contributed by atoms with E-state index in [4.69, 9.17) is 19.2 Å². The highest BCUT2D eigenvalue weighted by molar-refractivity contribution is 6.76. The quantitative estimate of drug-likeness (QED) is 0.112. The van der Waals surface area contributed by atoms with E-state index in [1.807, 2.05) is 6.07 Å². The number of aromatic nitrogens is 4. The molecule has 4 rings (SSSR count). The minimum atomic E-state index is -2.71. The summed E-state index contributed by atoms with van der Waals surface area (Å²) in [6.45, 7) is 6.70. The molecule has 1 atom stereocenters. The Morgan fingerprint density at radius 1 is 1.16 bits per heavy atom. The molecule has 0 aliphatic rings. The number of carbonyl (C=O) groups excluding carboxylic acids is 1. The number of esters is 1. The summed E-state index contributed by atoms with van der Waals surface area (Å²) in [5, 5.41) is 15.4. The van der Waals surface area contributed by atoms with Crippen molar-refractivity contribution in [3.63, 3.8) is 0 Å². The van der Waals surface area contributed by atoms with Gasteiger partial charge in [0.05, 0.1) is 41.2 Å². The number of hydrogen-bond acceptors (Lipinski definition) is 9. The molecule has 0 saturated carbocycles. The molecule has 4 aromatic rings. The molecule has 1 unspecified atom stereocenters. The smallest absolute Gasteiger partial charge is 0.332 e. The summed E-state index contributed by atoms with van der Waals surface area (Å²) in [5.41, 5.74) is 1.09. The van der Waals surface area contributed by atoms with Gasteiger partial charge in [-0.2, -0.15) is 10.4 Å². The van der Waals surface area contributed by atoms with Crippen LogP contribution in [0.4, 0.5) is 8.78 Å². The van der Waals surface area contributed by atoms with Crippen molar-refractivity contribution >= 4 is 35.8 Å². The maximum absolute atomic E-state index is 13.6. The molecule has 0 amide bonds. The van der Waals surface area contributed by atoms with Crippen molar-refractivity contribution in [3.8, 4) is 11.8 Å². The average Bonchev–Trinajstić information content (AvgIpc) is 3.32. The predicted molar refractivity (Wildman–Crippen MR) is 168 cm³/mol. The first-order chi connectivity index (χ1) is 21.3. The van der Waals surface area contributed by atoms with Gasteiger partial charge in [-0.05, 0) is 32.3 Å². The molecule has 14 heteroatoms. The number of fused-ring (bicyclic) bond motifs is 2. The second-order valence-electron chi connectivity index (χ2n) is 12.2. The SMILES string of the molecule is COC(=O)C(CN(C)C)n1nc(Cc2nc3cc(OCC(F)F)c(C#N)cc3n2COCC[Si](C)(C)C)c2ccccc2c1=O. The number of nitriles is 1. The third kappa shape index (κ3) is 8.10. The fourth-order valence-corrected chi connectivity index (χ4v) is 5.63. The molecule has 2 aromatic heterocycles. The van der Waals surface area contributed by atoms with Gasteiger partial charge in [-0.3, -0.25) is 4.79 Å². The van der Waals surface area contributed by atoms with Crippen molar-refractivity contribution in [2.24, 2.45) is 0 Å². The lowest BCUT2D eigenvalue weighted by Crippen LogP contribution is -2.39. The molecular weight excluding hydrogens is 602 g/mol. The Balaban J connectivity index is 1.87. The maximum Gasteiger partial charge on any atom is 0.332 e. The molecular formula is C31H38F2N6O5Si. The van der Waals surface area contributed by atoms with Gasteiger partial charge in [-0.1, -0.05) is 37.8 Å². The van der Waals surface area contributed by atoms with Gasteiger partial charge in [0.25, 0.3) is 12.0 Å². The Hall–Kier alpha value is -4.19. The lowest BCUT2D eigenvalue weighted by atomic mass is 10.1. The van der Waals surface area contributed by atoms with E-state index < -0.39 is 38.7 Å². The molecule has 240 valence electrons. The van der Waals surface area contributed by atoms with Crippen LogP contribution in [0.2, 0.25) is 25.7 Å². The van der Waals surface area contributed by atoms with E-state index in [-0.39, 0.29) is 31.0 Å². The molecule has 0 bridgehead atoms. The summed E-state index contributed by atoms with van der Waals surface area (Å²) >= 11 is 0. The minimum absolute atomic E-state index is 0.00267. The van der Waals surface area contributed by atoms with Crippen molar-refractivity contribution in [2.45, 2.75) is 51.3 Å². The number of methoxy groups -OCH3 is 1. The summed E-state index contributed by atoms with van der Waals surface area (Å²) in [7, 11) is 3.44. The summed E-state index contributed by atoms with van der Waals surface area (Å²) in [5.74, 6) is -0.108. The number of imidazole rings is 1. The highest BCUT2D eigenvalue weighted by atomic mass is 28.3. The third-order valence-corrected chi connectivity index (χ3v) is 8.87. The number of hydrogen-bond donors (Lipinski definition) is 0. The van der Waals surface area contributed by atoms with E-state index >= 15 is 0 Å². The number of rotatable bonds is 14. The number of carbonyl (C=O) groups is 1. The van der Waals surface area contributed by atoms with Crippen LogP contribution in [-0.4, -0.2) is 85.7 Å². The van der Waals surface area contributed by atoms with Crippen molar-refractivity contribution in [1.29, 1.82) is 5.26 Å². The van der Waals surface area contributed by atoms with E-state index in [0.29, 0.717) is 39.9 Å². The Morgan fingerprint density at radius 3 is 2.49 bits per heavy atom. The third-order valence-electron chi connectivity index (χ3n) is 7.17. The monoisotopic (exact) mass is 640 g/mol. The van der Waals surface area contributed by atoms with Crippen molar-refractivity contribution in [1.82, 2.24) is 24.2 Å². The summed E-state index contributed by atoms with van der Waals surface area (Å²) in [4.78, 5) is 33.0. The summed E-state index contributed by atoms with van der Waals surface area (Å²) in [6.07, 6.45) is -2.59. The predicted octanol–water partition coefficient (Wildman–Crippen LogP) is 4.44. The van der Waals surface area contributed by atoms with E-state index in [9.17, 15) is 23.6 Å². The van der Waals surface area contributed by atoms with Crippen LogP contribution in [0.1, 0.15) is 23.1 Å². The molecule has 0 aliphatic heterocycles. The first-order valence-corrected chi connectivity index (χ1v) is 18.2. The number of halogens is 2. The molecule has 2 aromatic carbocycles. The van der Waals surface area contributed by atoms with Gasteiger partial charge in [0, 0.05) is 32.7 Å². The second kappa shape index (κ2) is 14.3. The van der Waals surface area contributed by atoms with Crippen LogP contribution >= 0.6 is 0 Å². The largest absolute Gasteiger partial charge is 0.486 e. The van der Waals surface area contributed by atoms with Crippen molar-refractivity contribution in [2.75, 3.05) is 41.0 Å². The van der Waals surface area contributed by atoms with Crippen molar-refractivity contribution in [3.05, 3.63) is 63.8 Å². The van der Waals surface area contributed by atoms with E-state index in [0.717, 1.165) is 10.7 Å². The molecule has 0 radical (unpaired) electrons. The number of nitrogens with zero attached hydrogens (tertiary/aromatic N) is 6. The summed E-state index contributed by atoms with van der Waals surface area (Å²) in [6, 6.07) is 12.0. The maximum atomic E-state index is 13.6. The van der Waals surface area contributed by atoms with Crippen LogP contribution in [0, 0.1) is 11.3 Å². The Kier molecular flexibility index (Phi) is 10.7. The first kappa shape index (κ1) is 33.7. The van der Waals surface area contributed by atoms with Gasteiger partial charge in [0.2, 0.25) is 0 Å². The molecule has 0 aliphatic carbocycles. The van der Waals surface area contributed by atoms with Crippen LogP contribution in [0.15, 0.2) is 41.2 Å². The van der Waals surface area contributed by atoms with Gasteiger partial charge in [-0.15, -0.1) is 0 Å². The van der Waals surface area contributed by atoms with Crippen LogP contribution in [-0.2, 0) is 27.4 Å². The van der Waals surface area contributed by atoms with Gasteiger partial charge in [0.1, 0.15) is 31.0 Å². The van der Waals surface area contributed by atoms with Gasteiger partial charge < -0.3 is 23.7 Å². The van der Waals surface area contributed by atoms with E-state index in [2.05, 4.69) is 24.7 Å². The van der Waals surface area contributed by atoms with Gasteiger partial charge in [0.15, 0.2) is 6.04 Å². The highest BCUT2D eigenvalue weighted by Crippen LogP contribution is 2.29. The number of ether oxygens (including phenoxy) is 3. The van der Waals surface area contributed by atoms with E-state index in [1.165, 1.54) is 13.2 Å². The Labute approximate surface area is 260 Å². The topological polar surface area (TPSA) is 125 Å². The fourth-order valence-electron chi connectivity index (χ4n) is 4.87. The number of likely N-dealkylation sites (N-methyl/N-ethyl adjacent to an activating group) is 1. The van der Waals surface area contributed by atoms with Gasteiger partial charge in [-0.25, -0.2) is 23.2 Å². The molecule has 0 saturated heterocycles. The zero-order valence-corrected chi connectivity index (χ0v) is 27.3. The number of alkyl halides is 2. The zero-order valence-electron chi connectivity index (χ0n) is 26.3. The first-order valence-electron chi connectivity index (χ1n) is 14.5. The van der Waals surface area contributed by atoms with Crippen LogP contribution in [0.5, 0.6) is 5.75 Å². The second-order valence-corrected chi connectivity index (χ2v) is 17.8. The van der Waals surface area contributed by atoms with Crippen LogP contribution in [0.3, 0.4) is 0 Å². The fraction of sp³-hybridized carbons (Fsp3) is 0.452. The van der Waals surface area contributed by atoms with Gasteiger partial charge >= 0.3 is 5.97 Å². The van der Waals surface area contributed by atoms with E-state index in [1.54, 1.807) is 53.9 Å². The molecule has 0 N–H and O–H groups in total. The van der Waals surface area contributed by atoms with Crippen LogP contribution < -0.4 is 10.3 Å². The normalized spacial score (nSPS) is 12.6. The Morgan fingerprint density at radius 2 is 1.87 bits per heavy atom. The lowest BCUT2D eigenvalue weighted by molar-refractivity contribution is -0.145. The molecule has 0 spiro atoms. The molecule has 45 heavy (non-hydrogen) atoms. The van der Waals surface area contributed by atoms with Crippen molar-refractivity contribution < 1.29 is 27.8 Å². The molecule has 2 heterocycles. The van der Waals surface area contributed by atoms with Crippen LogP contribution in [0.25, 0.3) is 21.8 Å².